The van der Waals surface area contributed by atoms with Gasteiger partial charge in [0.25, 0.3) is 0 Å². The van der Waals surface area contributed by atoms with E-state index in [9.17, 15) is 24.6 Å². The van der Waals surface area contributed by atoms with Crippen molar-refractivity contribution in [1.29, 1.82) is 0 Å². The Bertz CT molecular complexity index is 1110. The molecule has 0 spiro atoms. The summed E-state index contributed by atoms with van der Waals surface area (Å²) >= 11 is 1.27. The molecule has 4 atom stereocenters. The molecule has 0 saturated carbocycles. The number of allylic oxidation sites excluding steroid dienone is 7. The van der Waals surface area contributed by atoms with Crippen molar-refractivity contribution >= 4 is 29.7 Å². The topological polar surface area (TPSA) is 156 Å². The number of carbonyl (C=O) groups excluding carboxylic acids is 2. The number of nitrogens with two attached hydrogens (primary N) is 1. The van der Waals surface area contributed by atoms with Crippen molar-refractivity contribution in [3.8, 4) is 0 Å². The van der Waals surface area contributed by atoms with Crippen molar-refractivity contribution in [2.75, 3.05) is 19.0 Å². The summed E-state index contributed by atoms with van der Waals surface area (Å²) in [5.74, 6) is -1.09. The fraction of sp³-hybridized carbons (Fsp3) is 0.771. The molecule has 0 saturated heterocycles. The van der Waals surface area contributed by atoms with Crippen LogP contribution in [0.25, 0.3) is 0 Å². The number of hydrogen-bond acceptors (Lipinski definition) is 9. The van der Waals surface area contributed by atoms with Crippen molar-refractivity contribution in [3.63, 3.8) is 0 Å². The molecule has 0 bridgehead atoms. The van der Waals surface area contributed by atoms with Crippen LogP contribution in [-0.2, 0) is 23.9 Å². The number of rotatable bonds is 41. The van der Waals surface area contributed by atoms with Crippen molar-refractivity contribution < 1.29 is 39.2 Å². The van der Waals surface area contributed by atoms with Gasteiger partial charge in [-0.15, -0.1) is 11.8 Å². The second kappa shape index (κ2) is 41.3. The SMILES string of the molecule is CCCCC/C=C\C\C=C/C=C/C=C/[C@@H](SC[C@H](N)C(=O)O[C@@H](CO)COC(=O)CCCCCCCCCCCCCCCCCCC(C)C)[C@@H](O)CCCC(=O)O. The lowest BCUT2D eigenvalue weighted by molar-refractivity contribution is -0.162. The van der Waals surface area contributed by atoms with E-state index in [0.717, 1.165) is 38.0 Å². The first-order valence-corrected chi connectivity index (χ1v) is 24.0. The number of aliphatic hydroxyl groups excluding tert-OH is 2. The minimum atomic E-state index is -1.05. The van der Waals surface area contributed by atoms with Gasteiger partial charge in [-0.2, -0.15) is 0 Å². The van der Waals surface area contributed by atoms with Crippen LogP contribution in [0.3, 0.4) is 0 Å². The third-order valence-electron chi connectivity index (χ3n) is 10.1. The minimum Gasteiger partial charge on any atom is -0.481 e. The molecule has 0 aliphatic carbocycles. The number of carboxylic acids is 1. The van der Waals surface area contributed by atoms with Gasteiger partial charge in [0.15, 0.2) is 6.10 Å². The lowest BCUT2D eigenvalue weighted by Gasteiger charge is -2.22. The van der Waals surface area contributed by atoms with Gasteiger partial charge in [-0.3, -0.25) is 14.4 Å². The summed E-state index contributed by atoms with van der Waals surface area (Å²) in [7, 11) is 0. The molecule has 0 amide bonds. The second-order valence-corrected chi connectivity index (χ2v) is 17.4. The van der Waals surface area contributed by atoms with E-state index in [4.69, 9.17) is 20.3 Å². The Balaban J connectivity index is 4.33. The van der Waals surface area contributed by atoms with Gasteiger partial charge in [-0.05, 0) is 44.4 Å². The predicted molar refractivity (Wildman–Crippen MR) is 243 cm³/mol. The molecule has 0 aliphatic heterocycles. The summed E-state index contributed by atoms with van der Waals surface area (Å²) in [6.07, 6.45) is 41.9. The Morgan fingerprint density at radius 1 is 0.690 bits per heavy atom. The van der Waals surface area contributed by atoms with Crippen LogP contribution < -0.4 is 5.73 Å². The van der Waals surface area contributed by atoms with Crippen molar-refractivity contribution in [1.82, 2.24) is 0 Å². The van der Waals surface area contributed by atoms with E-state index in [1.54, 1.807) is 0 Å². The van der Waals surface area contributed by atoms with E-state index < -0.39 is 42.0 Å². The molecule has 336 valence electrons. The molecular formula is C48H85NO8S. The maximum atomic E-state index is 12.7. The van der Waals surface area contributed by atoms with E-state index in [2.05, 4.69) is 39.0 Å². The van der Waals surface area contributed by atoms with Gasteiger partial charge in [-0.1, -0.05) is 185 Å². The molecule has 58 heavy (non-hydrogen) atoms. The molecular weight excluding hydrogens is 751 g/mol. The largest absolute Gasteiger partial charge is 0.481 e. The number of aliphatic hydroxyl groups is 2. The lowest BCUT2D eigenvalue weighted by atomic mass is 10.0. The van der Waals surface area contributed by atoms with Crippen LogP contribution in [0.2, 0.25) is 0 Å². The molecule has 9 nitrogen and oxygen atoms in total. The van der Waals surface area contributed by atoms with Gasteiger partial charge < -0.3 is 30.5 Å². The number of thioether (sulfide) groups is 1. The van der Waals surface area contributed by atoms with Gasteiger partial charge in [0.2, 0.25) is 0 Å². The van der Waals surface area contributed by atoms with E-state index in [0.29, 0.717) is 6.42 Å². The highest BCUT2D eigenvalue weighted by molar-refractivity contribution is 8.00. The molecule has 5 N–H and O–H groups in total. The van der Waals surface area contributed by atoms with Crippen LogP contribution in [0.4, 0.5) is 0 Å². The van der Waals surface area contributed by atoms with Crippen LogP contribution in [0.5, 0.6) is 0 Å². The zero-order valence-corrected chi connectivity index (χ0v) is 37.7. The van der Waals surface area contributed by atoms with Gasteiger partial charge in [0.1, 0.15) is 12.6 Å². The predicted octanol–water partition coefficient (Wildman–Crippen LogP) is 11.4. The first-order valence-electron chi connectivity index (χ1n) is 23.0. The number of esters is 2. The highest BCUT2D eigenvalue weighted by Gasteiger charge is 2.24. The van der Waals surface area contributed by atoms with Gasteiger partial charge in [0, 0.05) is 23.8 Å². The quantitative estimate of drug-likeness (QED) is 0.0202. The van der Waals surface area contributed by atoms with E-state index in [1.807, 2.05) is 30.4 Å². The third kappa shape index (κ3) is 37.8. The molecule has 0 aliphatic rings. The monoisotopic (exact) mass is 836 g/mol. The fourth-order valence-electron chi connectivity index (χ4n) is 6.40. The third-order valence-corrected chi connectivity index (χ3v) is 11.5. The summed E-state index contributed by atoms with van der Waals surface area (Å²) in [6, 6.07) is -1.05. The number of hydrogen-bond donors (Lipinski definition) is 4. The Morgan fingerprint density at radius 2 is 1.28 bits per heavy atom. The molecule has 0 rings (SSSR count). The molecule has 10 heteroatoms. The van der Waals surface area contributed by atoms with Gasteiger partial charge >= 0.3 is 17.9 Å². The van der Waals surface area contributed by atoms with Gasteiger partial charge in [0.05, 0.1) is 12.7 Å². The maximum absolute atomic E-state index is 12.7. The molecule has 0 aromatic rings. The normalized spacial score (nSPS) is 14.3. The molecule has 0 radical (unpaired) electrons. The van der Waals surface area contributed by atoms with Crippen molar-refractivity contribution in [2.24, 2.45) is 11.7 Å². The number of aliphatic carboxylic acids is 1. The van der Waals surface area contributed by atoms with Crippen molar-refractivity contribution in [3.05, 3.63) is 48.6 Å². The lowest BCUT2D eigenvalue weighted by Crippen LogP contribution is -2.40. The van der Waals surface area contributed by atoms with Crippen LogP contribution >= 0.6 is 11.8 Å². The minimum absolute atomic E-state index is 0.0475. The summed E-state index contributed by atoms with van der Waals surface area (Å²) in [6.45, 7) is 6.05. The average Bonchev–Trinajstić information content (AvgIpc) is 3.19. The summed E-state index contributed by atoms with van der Waals surface area (Å²) < 4.78 is 10.6. The second-order valence-electron chi connectivity index (χ2n) is 16.2. The van der Waals surface area contributed by atoms with Crippen LogP contribution in [0.15, 0.2) is 48.6 Å². The molecule has 0 fully saturated rings. The van der Waals surface area contributed by atoms with E-state index in [1.165, 1.54) is 121 Å². The molecule has 0 aromatic carbocycles. The fourth-order valence-corrected chi connectivity index (χ4v) is 7.52. The number of ether oxygens (including phenoxy) is 2. The summed E-state index contributed by atoms with van der Waals surface area (Å²) in [5, 5.41) is 29.1. The number of unbranched alkanes of at least 4 members (excludes halogenated alkanes) is 18. The summed E-state index contributed by atoms with van der Waals surface area (Å²) in [5.41, 5.74) is 6.12. The van der Waals surface area contributed by atoms with E-state index >= 15 is 0 Å². The van der Waals surface area contributed by atoms with Crippen LogP contribution in [-0.4, -0.2) is 75.7 Å². The standard InChI is InChI=1S/C48H85NO8S/c1-4-5-6-7-8-9-10-18-21-24-27-30-35-45(44(51)34-32-36-46(52)53)58-40-43(49)48(55)57-42(38-50)39-56-47(54)37-31-28-25-22-19-16-14-12-11-13-15-17-20-23-26-29-33-41(2)3/h8-9,18,21,24,27,30,35,41-45,50-51H,4-7,10-17,19-20,22-23,25-26,28-29,31-34,36-40,49H2,1-3H3,(H,52,53)/b9-8-,21-18-,27-24+,35-30+/t42-,43-,44-,45+/m0/s1. The first-order chi connectivity index (χ1) is 28.1. The van der Waals surface area contributed by atoms with Crippen LogP contribution in [0, 0.1) is 5.92 Å². The Labute approximate surface area is 358 Å². The smallest absolute Gasteiger partial charge is 0.324 e. The highest BCUT2D eigenvalue weighted by atomic mass is 32.2. The summed E-state index contributed by atoms with van der Waals surface area (Å²) in [4.78, 5) is 36.0. The van der Waals surface area contributed by atoms with Crippen LogP contribution in [0.1, 0.15) is 188 Å². The average molecular weight is 836 g/mol. The highest BCUT2D eigenvalue weighted by Crippen LogP contribution is 2.22. The Morgan fingerprint density at radius 3 is 1.84 bits per heavy atom. The first kappa shape index (κ1) is 55.6. The Hall–Kier alpha value is -2.40. The number of carboxylic acid groups (broad SMARTS) is 1. The Kier molecular flexibility index (Phi) is 39.6. The van der Waals surface area contributed by atoms with Crippen molar-refractivity contribution in [2.45, 2.75) is 211 Å². The molecule has 0 heterocycles. The molecule has 0 aromatic heterocycles. The zero-order chi connectivity index (χ0) is 42.9. The zero-order valence-electron chi connectivity index (χ0n) is 36.9. The maximum Gasteiger partial charge on any atom is 0.324 e. The number of carbonyl (C=O) groups is 3. The van der Waals surface area contributed by atoms with E-state index in [-0.39, 0.29) is 37.6 Å². The van der Waals surface area contributed by atoms with Gasteiger partial charge in [-0.25, -0.2) is 0 Å². The molecule has 0 unspecified atom stereocenters.